The first-order valence-electron chi connectivity index (χ1n) is 5.14. The van der Waals surface area contributed by atoms with Crippen molar-refractivity contribution < 1.29 is 8.42 Å². The van der Waals surface area contributed by atoms with Crippen LogP contribution in [0.15, 0.2) is 35.2 Å². The molecular weight excluding hydrogens is 210 g/mol. The Bertz CT molecular complexity index is 427. The van der Waals surface area contributed by atoms with Gasteiger partial charge in [0, 0.05) is 6.54 Å². The van der Waals surface area contributed by atoms with E-state index < -0.39 is 10.0 Å². The molecule has 0 amide bonds. The predicted octanol–water partition coefficient (Wildman–Crippen LogP) is 1.62. The SMILES string of the molecule is CC1CC1CNS(=O)(=O)c1ccccc1. The van der Waals surface area contributed by atoms with Crippen LogP contribution in [0.3, 0.4) is 0 Å². The largest absolute Gasteiger partial charge is 0.240 e. The van der Waals surface area contributed by atoms with Crippen LogP contribution in [0.5, 0.6) is 0 Å². The van der Waals surface area contributed by atoms with Gasteiger partial charge in [0.05, 0.1) is 4.90 Å². The van der Waals surface area contributed by atoms with Crippen molar-refractivity contribution in [3.8, 4) is 0 Å². The molecule has 1 aliphatic rings. The summed E-state index contributed by atoms with van der Waals surface area (Å²) in [6.07, 6.45) is 1.14. The van der Waals surface area contributed by atoms with Crippen LogP contribution in [-0.2, 0) is 10.0 Å². The van der Waals surface area contributed by atoms with E-state index in [0.717, 1.165) is 6.42 Å². The highest BCUT2D eigenvalue weighted by Gasteiger charge is 2.33. The third-order valence-corrected chi connectivity index (χ3v) is 4.30. The first-order valence-corrected chi connectivity index (χ1v) is 6.62. The molecule has 82 valence electrons. The summed E-state index contributed by atoms with van der Waals surface area (Å²) in [5.74, 6) is 1.20. The third-order valence-electron chi connectivity index (χ3n) is 2.87. The fourth-order valence-electron chi connectivity index (χ4n) is 1.58. The van der Waals surface area contributed by atoms with Gasteiger partial charge in [-0.3, -0.25) is 0 Å². The lowest BCUT2D eigenvalue weighted by Gasteiger charge is -2.05. The predicted molar refractivity (Wildman–Crippen MR) is 58.9 cm³/mol. The molecule has 4 heteroatoms. The molecule has 0 heterocycles. The second-order valence-corrected chi connectivity index (χ2v) is 5.90. The van der Waals surface area contributed by atoms with Crippen LogP contribution in [0.25, 0.3) is 0 Å². The molecule has 15 heavy (non-hydrogen) atoms. The van der Waals surface area contributed by atoms with Gasteiger partial charge in [0.1, 0.15) is 0 Å². The molecule has 0 aliphatic heterocycles. The fraction of sp³-hybridized carbons (Fsp3) is 0.455. The molecule has 1 aromatic carbocycles. The van der Waals surface area contributed by atoms with Crippen LogP contribution in [0, 0.1) is 11.8 Å². The lowest BCUT2D eigenvalue weighted by Crippen LogP contribution is -2.26. The zero-order chi connectivity index (χ0) is 10.9. The molecule has 1 saturated carbocycles. The maximum Gasteiger partial charge on any atom is 0.240 e. The number of benzene rings is 1. The number of hydrogen-bond donors (Lipinski definition) is 1. The number of nitrogens with one attached hydrogen (secondary N) is 1. The van der Waals surface area contributed by atoms with Gasteiger partial charge in [0.2, 0.25) is 10.0 Å². The highest BCUT2D eigenvalue weighted by Crippen LogP contribution is 2.36. The van der Waals surface area contributed by atoms with E-state index in [1.165, 1.54) is 0 Å². The third kappa shape index (κ3) is 2.58. The van der Waals surface area contributed by atoms with E-state index in [1.54, 1.807) is 24.3 Å². The van der Waals surface area contributed by atoms with Crippen molar-refractivity contribution in [3.05, 3.63) is 30.3 Å². The van der Waals surface area contributed by atoms with Crippen molar-refractivity contribution >= 4 is 10.0 Å². The number of sulfonamides is 1. The molecule has 3 nitrogen and oxygen atoms in total. The monoisotopic (exact) mass is 225 g/mol. The Morgan fingerprint density at radius 3 is 2.47 bits per heavy atom. The van der Waals surface area contributed by atoms with Gasteiger partial charge in [0.15, 0.2) is 0 Å². The van der Waals surface area contributed by atoms with Gasteiger partial charge in [-0.15, -0.1) is 0 Å². The number of rotatable bonds is 4. The second-order valence-electron chi connectivity index (χ2n) is 4.14. The van der Waals surface area contributed by atoms with Crippen molar-refractivity contribution in [2.45, 2.75) is 18.2 Å². The summed E-state index contributed by atoms with van der Waals surface area (Å²) in [7, 11) is -3.29. The molecule has 0 aromatic heterocycles. The lowest BCUT2D eigenvalue weighted by molar-refractivity contribution is 0.574. The Morgan fingerprint density at radius 1 is 1.33 bits per heavy atom. The van der Waals surface area contributed by atoms with Crippen molar-refractivity contribution in [2.75, 3.05) is 6.54 Å². The van der Waals surface area contributed by atoms with Crippen LogP contribution < -0.4 is 4.72 Å². The van der Waals surface area contributed by atoms with E-state index in [1.807, 2.05) is 6.07 Å². The Kier molecular flexibility index (Phi) is 2.80. The molecule has 2 unspecified atom stereocenters. The molecule has 1 aromatic rings. The zero-order valence-electron chi connectivity index (χ0n) is 8.68. The van der Waals surface area contributed by atoms with Gasteiger partial charge < -0.3 is 0 Å². The summed E-state index contributed by atoms with van der Waals surface area (Å²) >= 11 is 0. The molecule has 0 spiro atoms. The first kappa shape index (κ1) is 10.6. The summed E-state index contributed by atoms with van der Waals surface area (Å²) in [5.41, 5.74) is 0. The highest BCUT2D eigenvalue weighted by molar-refractivity contribution is 7.89. The van der Waals surface area contributed by atoms with E-state index >= 15 is 0 Å². The summed E-state index contributed by atoms with van der Waals surface area (Å²) < 4.78 is 26.2. The molecule has 2 rings (SSSR count). The standard InChI is InChI=1S/C11H15NO2S/c1-9-7-10(9)8-12-15(13,14)11-5-3-2-4-6-11/h2-6,9-10,12H,7-8H2,1H3. The van der Waals surface area contributed by atoms with Gasteiger partial charge >= 0.3 is 0 Å². The summed E-state index contributed by atoms with van der Waals surface area (Å²) in [5, 5.41) is 0. The van der Waals surface area contributed by atoms with E-state index in [-0.39, 0.29) is 0 Å². The van der Waals surface area contributed by atoms with E-state index in [4.69, 9.17) is 0 Å². The number of hydrogen-bond acceptors (Lipinski definition) is 2. The Balaban J connectivity index is 2.01. The van der Waals surface area contributed by atoms with Crippen LogP contribution in [0.2, 0.25) is 0 Å². The minimum absolute atomic E-state index is 0.346. The van der Waals surface area contributed by atoms with Gasteiger partial charge in [-0.25, -0.2) is 13.1 Å². The minimum atomic E-state index is -3.29. The Morgan fingerprint density at radius 2 is 1.93 bits per heavy atom. The summed E-state index contributed by atoms with van der Waals surface area (Å²) in [6.45, 7) is 2.71. The molecule has 0 saturated heterocycles. The van der Waals surface area contributed by atoms with E-state index in [0.29, 0.717) is 23.3 Å². The van der Waals surface area contributed by atoms with Crippen LogP contribution in [0.1, 0.15) is 13.3 Å². The van der Waals surface area contributed by atoms with Crippen molar-refractivity contribution in [1.29, 1.82) is 0 Å². The summed E-state index contributed by atoms with van der Waals surface area (Å²) in [6, 6.07) is 8.49. The molecule has 2 atom stereocenters. The minimum Gasteiger partial charge on any atom is -0.211 e. The molecule has 0 bridgehead atoms. The zero-order valence-corrected chi connectivity index (χ0v) is 9.50. The average Bonchev–Trinajstić information content (AvgIpc) is 2.93. The molecular formula is C11H15NO2S. The second kappa shape index (κ2) is 3.94. The Labute approximate surface area is 90.6 Å². The summed E-state index contributed by atoms with van der Waals surface area (Å²) in [4.78, 5) is 0.346. The molecule has 0 radical (unpaired) electrons. The quantitative estimate of drug-likeness (QED) is 0.846. The maximum absolute atomic E-state index is 11.8. The van der Waals surface area contributed by atoms with Gasteiger partial charge in [0.25, 0.3) is 0 Å². The first-order chi connectivity index (χ1) is 7.09. The smallest absolute Gasteiger partial charge is 0.211 e. The fourth-order valence-corrected chi connectivity index (χ4v) is 2.70. The van der Waals surface area contributed by atoms with Crippen molar-refractivity contribution in [3.63, 3.8) is 0 Å². The van der Waals surface area contributed by atoms with Crippen LogP contribution in [0.4, 0.5) is 0 Å². The van der Waals surface area contributed by atoms with Crippen molar-refractivity contribution in [2.24, 2.45) is 11.8 Å². The molecule has 1 fully saturated rings. The molecule has 1 aliphatic carbocycles. The maximum atomic E-state index is 11.8. The lowest BCUT2D eigenvalue weighted by atomic mass is 10.3. The van der Waals surface area contributed by atoms with Gasteiger partial charge in [-0.1, -0.05) is 25.1 Å². The van der Waals surface area contributed by atoms with Gasteiger partial charge in [-0.05, 0) is 30.4 Å². The highest BCUT2D eigenvalue weighted by atomic mass is 32.2. The topological polar surface area (TPSA) is 46.2 Å². The molecule has 1 N–H and O–H groups in total. The van der Waals surface area contributed by atoms with E-state index in [9.17, 15) is 8.42 Å². The van der Waals surface area contributed by atoms with Crippen LogP contribution in [-0.4, -0.2) is 15.0 Å². The Hall–Kier alpha value is -0.870. The van der Waals surface area contributed by atoms with E-state index in [2.05, 4.69) is 11.6 Å². The van der Waals surface area contributed by atoms with Crippen molar-refractivity contribution in [1.82, 2.24) is 4.72 Å². The normalized spacial score (nSPS) is 25.1. The van der Waals surface area contributed by atoms with Gasteiger partial charge in [-0.2, -0.15) is 0 Å². The average molecular weight is 225 g/mol. The van der Waals surface area contributed by atoms with Crippen LogP contribution >= 0.6 is 0 Å².